The number of amides is 1. The van der Waals surface area contributed by atoms with Gasteiger partial charge in [-0.3, -0.25) is 4.79 Å². The summed E-state index contributed by atoms with van der Waals surface area (Å²) in [7, 11) is 0. The van der Waals surface area contributed by atoms with Gasteiger partial charge in [0, 0.05) is 0 Å². The maximum Gasteiger partial charge on any atom is 0.405 e. The normalized spacial score (nSPS) is 12.4. The Bertz CT molecular complexity index is 536. The fourth-order valence-corrected chi connectivity index (χ4v) is 1.37. The van der Waals surface area contributed by atoms with Gasteiger partial charge in [-0.15, -0.1) is 0 Å². The number of nitrogens with one attached hydrogen (secondary N) is 2. The average molecular weight is 289 g/mol. The second kappa shape index (κ2) is 6.23. The minimum absolute atomic E-state index is 0.0412. The van der Waals surface area contributed by atoms with Crippen molar-refractivity contribution in [2.45, 2.75) is 19.1 Å². The van der Waals surface area contributed by atoms with Gasteiger partial charge in [0.15, 0.2) is 0 Å². The molecule has 8 heteroatoms. The van der Waals surface area contributed by atoms with Crippen molar-refractivity contribution in [3.05, 3.63) is 29.6 Å². The summed E-state index contributed by atoms with van der Waals surface area (Å²) < 4.78 is 48.7. The largest absolute Gasteiger partial charge is 0.405 e. The van der Waals surface area contributed by atoms with E-state index in [0.717, 1.165) is 12.1 Å². The standard InChI is InChI=1S/C12H11F4N3O/c1-7(11(20)18-6-12(14,15)16)19-10-3-2-9(13)4-8(10)5-17/h2-4,7,19H,6H2,1H3,(H,18,20). The molecule has 0 aliphatic heterocycles. The van der Waals surface area contributed by atoms with Crippen LogP contribution in [0.1, 0.15) is 12.5 Å². The molecule has 0 aromatic heterocycles. The summed E-state index contributed by atoms with van der Waals surface area (Å²) >= 11 is 0. The Morgan fingerprint density at radius 1 is 1.45 bits per heavy atom. The van der Waals surface area contributed by atoms with E-state index in [1.54, 1.807) is 11.4 Å². The van der Waals surface area contributed by atoms with Crippen molar-refractivity contribution in [3.63, 3.8) is 0 Å². The molecular formula is C12H11F4N3O. The lowest BCUT2D eigenvalue weighted by atomic mass is 10.1. The molecule has 0 fully saturated rings. The maximum absolute atomic E-state index is 12.9. The molecule has 1 atom stereocenters. The van der Waals surface area contributed by atoms with Crippen LogP contribution in [0.3, 0.4) is 0 Å². The highest BCUT2D eigenvalue weighted by Gasteiger charge is 2.28. The van der Waals surface area contributed by atoms with Crippen LogP contribution in [0.4, 0.5) is 23.2 Å². The van der Waals surface area contributed by atoms with Gasteiger partial charge >= 0.3 is 6.18 Å². The SMILES string of the molecule is CC(Nc1ccc(F)cc1C#N)C(=O)NCC(F)(F)F. The molecule has 1 aromatic carbocycles. The zero-order chi connectivity index (χ0) is 15.3. The number of rotatable bonds is 4. The van der Waals surface area contributed by atoms with Gasteiger partial charge in [-0.1, -0.05) is 0 Å². The number of halogens is 4. The van der Waals surface area contributed by atoms with Crippen LogP contribution in [-0.4, -0.2) is 24.7 Å². The Labute approximate surface area is 112 Å². The molecule has 0 spiro atoms. The molecule has 0 aliphatic rings. The minimum atomic E-state index is -4.50. The zero-order valence-corrected chi connectivity index (χ0v) is 10.4. The van der Waals surface area contributed by atoms with Gasteiger partial charge in [-0.2, -0.15) is 18.4 Å². The first-order valence-corrected chi connectivity index (χ1v) is 5.53. The van der Waals surface area contributed by atoms with Gasteiger partial charge in [0.05, 0.1) is 11.3 Å². The van der Waals surface area contributed by atoms with E-state index in [0.29, 0.717) is 0 Å². The number of benzene rings is 1. The van der Waals surface area contributed by atoms with Crippen LogP contribution in [0, 0.1) is 17.1 Å². The van der Waals surface area contributed by atoms with Gasteiger partial charge in [-0.25, -0.2) is 4.39 Å². The topological polar surface area (TPSA) is 64.9 Å². The average Bonchev–Trinajstić information content (AvgIpc) is 2.36. The first kappa shape index (κ1) is 15.8. The predicted octanol–water partition coefficient (Wildman–Crippen LogP) is 2.18. The Kier molecular flexibility index (Phi) is 4.91. The maximum atomic E-state index is 12.9. The van der Waals surface area contributed by atoms with E-state index in [1.165, 1.54) is 13.0 Å². The summed E-state index contributed by atoms with van der Waals surface area (Å²) in [6, 6.07) is 3.99. The molecule has 0 saturated carbocycles. The smallest absolute Gasteiger partial charge is 0.373 e. The van der Waals surface area contributed by atoms with Crippen LogP contribution < -0.4 is 10.6 Å². The van der Waals surface area contributed by atoms with E-state index in [9.17, 15) is 22.4 Å². The number of nitriles is 1. The van der Waals surface area contributed by atoms with E-state index in [-0.39, 0.29) is 11.3 Å². The molecule has 0 aliphatic carbocycles. The van der Waals surface area contributed by atoms with Crippen LogP contribution in [-0.2, 0) is 4.79 Å². The monoisotopic (exact) mass is 289 g/mol. The molecule has 108 valence electrons. The summed E-state index contributed by atoms with van der Waals surface area (Å²) in [5.41, 5.74) is 0.129. The molecule has 1 rings (SSSR count). The van der Waals surface area contributed by atoms with Gasteiger partial charge in [-0.05, 0) is 25.1 Å². The summed E-state index contributed by atoms with van der Waals surface area (Å²) in [4.78, 5) is 11.4. The van der Waals surface area contributed by atoms with Crippen molar-refractivity contribution in [3.8, 4) is 6.07 Å². The van der Waals surface area contributed by atoms with Crippen LogP contribution in [0.15, 0.2) is 18.2 Å². The number of nitrogens with zero attached hydrogens (tertiary/aromatic N) is 1. The Balaban J connectivity index is 2.69. The van der Waals surface area contributed by atoms with E-state index in [4.69, 9.17) is 5.26 Å². The molecule has 0 bridgehead atoms. The molecule has 2 N–H and O–H groups in total. The Morgan fingerprint density at radius 2 is 2.10 bits per heavy atom. The summed E-state index contributed by atoms with van der Waals surface area (Å²) in [5, 5.41) is 13.1. The first-order valence-electron chi connectivity index (χ1n) is 5.53. The van der Waals surface area contributed by atoms with E-state index in [2.05, 4.69) is 5.32 Å². The number of anilines is 1. The van der Waals surface area contributed by atoms with Crippen LogP contribution >= 0.6 is 0 Å². The predicted molar refractivity (Wildman–Crippen MR) is 63.3 cm³/mol. The molecule has 20 heavy (non-hydrogen) atoms. The Hall–Kier alpha value is -2.30. The Morgan fingerprint density at radius 3 is 2.65 bits per heavy atom. The van der Waals surface area contributed by atoms with Crippen LogP contribution in [0.25, 0.3) is 0 Å². The van der Waals surface area contributed by atoms with Crippen molar-refractivity contribution >= 4 is 11.6 Å². The quantitative estimate of drug-likeness (QED) is 0.835. The van der Waals surface area contributed by atoms with E-state index in [1.807, 2.05) is 0 Å². The van der Waals surface area contributed by atoms with E-state index >= 15 is 0 Å². The third-order valence-electron chi connectivity index (χ3n) is 2.33. The molecule has 1 unspecified atom stereocenters. The van der Waals surface area contributed by atoms with Crippen molar-refractivity contribution in [2.24, 2.45) is 0 Å². The number of hydrogen-bond acceptors (Lipinski definition) is 3. The minimum Gasteiger partial charge on any atom is -0.373 e. The summed E-state index contributed by atoms with van der Waals surface area (Å²) in [6.07, 6.45) is -4.50. The third-order valence-corrected chi connectivity index (χ3v) is 2.33. The molecular weight excluding hydrogens is 278 g/mol. The molecule has 0 radical (unpaired) electrons. The molecule has 1 amide bonds. The number of hydrogen-bond donors (Lipinski definition) is 2. The van der Waals surface area contributed by atoms with Gasteiger partial charge in [0.1, 0.15) is 24.5 Å². The van der Waals surface area contributed by atoms with Crippen LogP contribution in [0.5, 0.6) is 0 Å². The third kappa shape index (κ3) is 4.76. The number of carbonyl (C=O) groups is 1. The van der Waals surface area contributed by atoms with Crippen LogP contribution in [0.2, 0.25) is 0 Å². The van der Waals surface area contributed by atoms with Crippen molar-refractivity contribution in [2.75, 3.05) is 11.9 Å². The van der Waals surface area contributed by atoms with E-state index < -0.39 is 30.5 Å². The lowest BCUT2D eigenvalue weighted by molar-refractivity contribution is -0.138. The second-order valence-corrected chi connectivity index (χ2v) is 4.00. The van der Waals surface area contributed by atoms with Gasteiger partial charge in [0.2, 0.25) is 5.91 Å². The van der Waals surface area contributed by atoms with Crippen molar-refractivity contribution < 1.29 is 22.4 Å². The highest BCUT2D eigenvalue weighted by Crippen LogP contribution is 2.17. The lowest BCUT2D eigenvalue weighted by Gasteiger charge is -2.16. The zero-order valence-electron chi connectivity index (χ0n) is 10.4. The highest BCUT2D eigenvalue weighted by molar-refractivity contribution is 5.84. The number of carbonyl (C=O) groups excluding carboxylic acids is 1. The first-order chi connectivity index (χ1) is 9.23. The molecule has 4 nitrogen and oxygen atoms in total. The summed E-state index contributed by atoms with van der Waals surface area (Å²) in [6.45, 7) is -0.109. The fraction of sp³-hybridized carbons (Fsp3) is 0.333. The molecule has 0 saturated heterocycles. The molecule has 0 heterocycles. The second-order valence-electron chi connectivity index (χ2n) is 4.00. The fourth-order valence-electron chi connectivity index (χ4n) is 1.37. The highest BCUT2D eigenvalue weighted by atomic mass is 19.4. The number of alkyl halides is 3. The van der Waals surface area contributed by atoms with Crippen molar-refractivity contribution in [1.82, 2.24) is 5.32 Å². The van der Waals surface area contributed by atoms with Crippen molar-refractivity contribution in [1.29, 1.82) is 5.26 Å². The molecule has 1 aromatic rings. The summed E-state index contributed by atoms with van der Waals surface area (Å²) in [5.74, 6) is -1.50. The lowest BCUT2D eigenvalue weighted by Crippen LogP contribution is -2.42. The van der Waals surface area contributed by atoms with Gasteiger partial charge < -0.3 is 10.6 Å². The van der Waals surface area contributed by atoms with Gasteiger partial charge in [0.25, 0.3) is 0 Å².